The summed E-state index contributed by atoms with van der Waals surface area (Å²) < 4.78 is 19.3. The maximum absolute atomic E-state index is 13.6. The van der Waals surface area contributed by atoms with E-state index in [0.717, 1.165) is 25.3 Å². The van der Waals surface area contributed by atoms with E-state index in [9.17, 15) is 14.0 Å². The summed E-state index contributed by atoms with van der Waals surface area (Å²) in [5.41, 5.74) is 3.11. The van der Waals surface area contributed by atoms with Gasteiger partial charge in [0.15, 0.2) is 5.82 Å². The molecule has 2 aliphatic heterocycles. The topological polar surface area (TPSA) is 99.7 Å². The molecule has 0 radical (unpaired) electrons. The Hall–Kier alpha value is -4.19. The molecule has 45 heavy (non-hydrogen) atoms. The lowest BCUT2D eigenvalue weighted by Crippen LogP contribution is -2.44. The van der Waals surface area contributed by atoms with Crippen LogP contribution in [0.2, 0.25) is 5.02 Å². The number of nitrogens with zero attached hydrogens (tertiary/aromatic N) is 4. The number of aromatic nitrogens is 2. The zero-order chi connectivity index (χ0) is 31.3. The number of fused-ring (bicyclic) bond motifs is 1. The Morgan fingerprint density at radius 1 is 1.09 bits per heavy atom. The third-order valence-corrected chi connectivity index (χ3v) is 8.94. The Morgan fingerprint density at radius 3 is 2.64 bits per heavy atom. The molecule has 1 aromatic heterocycles. The number of hydrogen-bond acceptors (Lipinski definition) is 7. The molecule has 0 bridgehead atoms. The number of urea groups is 1. The van der Waals surface area contributed by atoms with Gasteiger partial charge in [-0.05, 0) is 80.9 Å². The highest BCUT2D eigenvalue weighted by atomic mass is 35.5. The van der Waals surface area contributed by atoms with Crippen molar-refractivity contribution in [2.75, 3.05) is 29.1 Å². The van der Waals surface area contributed by atoms with Crippen LogP contribution in [0.15, 0.2) is 78.1 Å². The first-order valence-electron chi connectivity index (χ1n) is 14.8. The van der Waals surface area contributed by atoms with Crippen LogP contribution in [0.3, 0.4) is 0 Å². The van der Waals surface area contributed by atoms with Gasteiger partial charge in [0.1, 0.15) is 28.7 Å². The van der Waals surface area contributed by atoms with Crippen molar-refractivity contribution >= 4 is 52.5 Å². The molecule has 0 saturated carbocycles. The van der Waals surface area contributed by atoms with E-state index in [1.807, 2.05) is 19.1 Å². The number of carbonyl (C=O) groups excluding carboxylic acids is 2. The monoisotopic (exact) mass is 646 g/mol. The summed E-state index contributed by atoms with van der Waals surface area (Å²) in [7, 11) is 0. The number of likely N-dealkylation sites (tertiary alicyclic amines) is 1. The van der Waals surface area contributed by atoms with Gasteiger partial charge in [-0.2, -0.15) is 0 Å². The van der Waals surface area contributed by atoms with Crippen molar-refractivity contribution in [1.82, 2.24) is 20.2 Å². The second kappa shape index (κ2) is 13.8. The molecule has 2 aliphatic rings. The zero-order valence-electron chi connectivity index (χ0n) is 24.6. The zero-order valence-corrected chi connectivity index (χ0v) is 26.2. The number of rotatable bonds is 9. The van der Waals surface area contributed by atoms with Gasteiger partial charge < -0.3 is 15.4 Å². The maximum atomic E-state index is 13.6. The lowest BCUT2D eigenvalue weighted by Gasteiger charge is -2.33. The van der Waals surface area contributed by atoms with Gasteiger partial charge in [-0.25, -0.2) is 24.1 Å². The molecular formula is C33H32ClFN6O3S. The molecule has 2 N–H and O–H groups in total. The summed E-state index contributed by atoms with van der Waals surface area (Å²) in [6.07, 6.45) is 5.19. The average molecular weight is 647 g/mol. The Kier molecular flexibility index (Phi) is 9.48. The molecule has 12 heteroatoms. The highest BCUT2D eigenvalue weighted by molar-refractivity contribution is 8.00. The fraction of sp³-hybridized carbons (Fsp3) is 0.273. The molecule has 6 rings (SSSR count). The number of benzene rings is 3. The number of amides is 3. The molecule has 1 fully saturated rings. The molecule has 3 heterocycles. The van der Waals surface area contributed by atoms with Gasteiger partial charge in [0.25, 0.3) is 0 Å². The van der Waals surface area contributed by atoms with Crippen molar-refractivity contribution in [1.29, 1.82) is 0 Å². The average Bonchev–Trinajstić information content (AvgIpc) is 3.02. The maximum Gasteiger partial charge on any atom is 0.328 e. The Balaban J connectivity index is 1.13. The third-order valence-electron chi connectivity index (χ3n) is 7.64. The molecule has 1 unspecified atom stereocenters. The van der Waals surface area contributed by atoms with Crippen LogP contribution in [0.25, 0.3) is 0 Å². The van der Waals surface area contributed by atoms with Crippen LogP contribution >= 0.6 is 23.4 Å². The SMILES string of the molecule is CC1NC(=O)N(c2ccc(Oc3cccc(F)c3)c(Cl)c2)c2ncnc(SCC(=O)Nc3ccc(CN4CCCCC4)cc3)c21. The van der Waals surface area contributed by atoms with Gasteiger partial charge in [0.05, 0.1) is 22.5 Å². The van der Waals surface area contributed by atoms with E-state index in [0.29, 0.717) is 33.6 Å². The number of piperidine rings is 1. The van der Waals surface area contributed by atoms with E-state index in [1.54, 1.807) is 24.3 Å². The smallest absolute Gasteiger partial charge is 0.328 e. The van der Waals surface area contributed by atoms with Crippen molar-refractivity contribution in [3.8, 4) is 11.5 Å². The summed E-state index contributed by atoms with van der Waals surface area (Å²) in [6.45, 7) is 5.04. The van der Waals surface area contributed by atoms with Crippen molar-refractivity contribution in [3.63, 3.8) is 0 Å². The van der Waals surface area contributed by atoms with Gasteiger partial charge in [0.2, 0.25) is 5.91 Å². The second-order valence-corrected chi connectivity index (χ2v) is 12.3. The number of carbonyl (C=O) groups is 2. The molecule has 1 saturated heterocycles. The van der Waals surface area contributed by atoms with Gasteiger partial charge in [-0.1, -0.05) is 48.0 Å². The van der Waals surface area contributed by atoms with Crippen molar-refractivity contribution in [2.45, 2.75) is 43.8 Å². The summed E-state index contributed by atoms with van der Waals surface area (Å²) in [4.78, 5) is 38.8. The van der Waals surface area contributed by atoms with Crippen LogP contribution in [-0.4, -0.2) is 45.6 Å². The molecule has 3 amide bonds. The fourth-order valence-corrected chi connectivity index (χ4v) is 6.57. The molecule has 4 aromatic rings. The van der Waals surface area contributed by atoms with Crippen molar-refractivity contribution < 1.29 is 18.7 Å². The Morgan fingerprint density at radius 2 is 1.89 bits per heavy atom. The first-order chi connectivity index (χ1) is 21.8. The fourth-order valence-electron chi connectivity index (χ4n) is 5.47. The number of nitrogens with one attached hydrogen (secondary N) is 2. The predicted octanol–water partition coefficient (Wildman–Crippen LogP) is 7.70. The van der Waals surface area contributed by atoms with Crippen LogP contribution in [0.1, 0.15) is 43.4 Å². The van der Waals surface area contributed by atoms with Crippen molar-refractivity contribution in [2.24, 2.45) is 0 Å². The number of thioether (sulfide) groups is 1. The molecule has 9 nitrogen and oxygen atoms in total. The van der Waals surface area contributed by atoms with E-state index in [4.69, 9.17) is 16.3 Å². The summed E-state index contributed by atoms with van der Waals surface area (Å²) in [5, 5.41) is 6.72. The number of halogens is 2. The first-order valence-corrected chi connectivity index (χ1v) is 16.1. The number of ether oxygens (including phenoxy) is 1. The molecule has 3 aromatic carbocycles. The van der Waals surface area contributed by atoms with Crippen LogP contribution in [0, 0.1) is 5.82 Å². The predicted molar refractivity (Wildman–Crippen MR) is 174 cm³/mol. The van der Waals surface area contributed by atoms with Crippen LogP contribution < -0.4 is 20.3 Å². The summed E-state index contributed by atoms with van der Waals surface area (Å²) in [5.74, 6) is 0.516. The first kappa shape index (κ1) is 30.8. The standard InChI is InChI=1S/C33H32ClFN6O3S/c1-21-30-31(41(33(43)38-21)25-12-13-28(27(34)17-25)44-26-7-5-6-23(35)16-26)36-20-37-32(30)45-19-29(42)39-24-10-8-22(9-11-24)18-40-14-3-2-4-15-40/h5-13,16-17,20-21H,2-4,14-15,18-19H2,1H3,(H,38,43)(H,39,42). The largest absolute Gasteiger partial charge is 0.456 e. The van der Waals surface area contributed by atoms with Crippen molar-refractivity contribution in [3.05, 3.63) is 95.0 Å². The lowest BCUT2D eigenvalue weighted by atomic mass is 10.1. The minimum absolute atomic E-state index is 0.123. The van der Waals surface area contributed by atoms with Crippen LogP contribution in [0.4, 0.5) is 26.4 Å². The van der Waals surface area contributed by atoms with E-state index in [2.05, 4.69) is 37.6 Å². The van der Waals surface area contributed by atoms with Gasteiger partial charge in [0, 0.05) is 23.9 Å². The molecule has 232 valence electrons. The van der Waals surface area contributed by atoms with E-state index >= 15 is 0 Å². The number of anilines is 3. The molecular weight excluding hydrogens is 615 g/mol. The van der Waals surface area contributed by atoms with E-state index < -0.39 is 11.9 Å². The van der Waals surface area contributed by atoms with Gasteiger partial charge in [-0.3, -0.25) is 9.69 Å². The van der Waals surface area contributed by atoms with Crippen LogP contribution in [0.5, 0.6) is 11.5 Å². The molecule has 0 aliphatic carbocycles. The summed E-state index contributed by atoms with van der Waals surface area (Å²) >= 11 is 7.79. The highest BCUT2D eigenvalue weighted by Gasteiger charge is 2.34. The van der Waals surface area contributed by atoms with E-state index in [1.165, 1.54) is 66.0 Å². The number of hydrogen-bond donors (Lipinski definition) is 2. The quantitative estimate of drug-likeness (QED) is 0.142. The van der Waals surface area contributed by atoms with Gasteiger partial charge >= 0.3 is 6.03 Å². The minimum Gasteiger partial charge on any atom is -0.456 e. The second-order valence-electron chi connectivity index (χ2n) is 11.0. The third kappa shape index (κ3) is 7.38. The highest BCUT2D eigenvalue weighted by Crippen LogP contribution is 2.41. The lowest BCUT2D eigenvalue weighted by molar-refractivity contribution is -0.113. The normalized spacial score (nSPS) is 16.6. The summed E-state index contributed by atoms with van der Waals surface area (Å²) in [6, 6.07) is 17.8. The Labute approximate surface area is 270 Å². The molecule has 1 atom stereocenters. The Bertz CT molecular complexity index is 1700. The van der Waals surface area contributed by atoms with Gasteiger partial charge in [-0.15, -0.1) is 0 Å². The minimum atomic E-state index is -0.431. The van der Waals surface area contributed by atoms with E-state index in [-0.39, 0.29) is 22.7 Å². The van der Waals surface area contributed by atoms with Crippen LogP contribution in [-0.2, 0) is 11.3 Å². The molecule has 0 spiro atoms.